The Bertz CT molecular complexity index is 600. The third-order valence-corrected chi connectivity index (χ3v) is 2.70. The van der Waals surface area contributed by atoms with Crippen molar-refractivity contribution < 1.29 is 14.3 Å². The molecule has 0 fully saturated rings. The van der Waals surface area contributed by atoms with Crippen molar-refractivity contribution in [2.75, 3.05) is 11.1 Å². The minimum Gasteiger partial charge on any atom is -0.478 e. The Hall–Kier alpha value is -2.56. The number of carboxylic acids is 1. The summed E-state index contributed by atoms with van der Waals surface area (Å²) in [7, 11) is 0. The summed E-state index contributed by atoms with van der Waals surface area (Å²) in [5, 5.41) is 11.8. The van der Waals surface area contributed by atoms with Crippen molar-refractivity contribution in [1.82, 2.24) is 0 Å². The molecule has 4 nitrogen and oxygen atoms in total. The maximum atomic E-state index is 13.7. The maximum Gasteiger partial charge on any atom is 0.337 e. The van der Waals surface area contributed by atoms with E-state index in [1.54, 1.807) is 0 Å². The summed E-state index contributed by atoms with van der Waals surface area (Å²) >= 11 is 0. The molecular weight excluding hydrogens is 247 g/mol. The smallest absolute Gasteiger partial charge is 0.337 e. The molecule has 5 heteroatoms. The Kier molecular flexibility index (Phi) is 3.66. The van der Waals surface area contributed by atoms with Gasteiger partial charge in [-0.25, -0.2) is 9.18 Å². The number of nitrogens with one attached hydrogen (secondary N) is 1. The predicted molar refractivity (Wildman–Crippen MR) is 71.5 cm³/mol. The predicted octanol–water partition coefficient (Wildman–Crippen LogP) is 2.72. The lowest BCUT2D eigenvalue weighted by Gasteiger charge is -2.10. The number of rotatable bonds is 4. The molecule has 0 atom stereocenters. The largest absolute Gasteiger partial charge is 0.478 e. The number of hydrogen-bond acceptors (Lipinski definition) is 3. The van der Waals surface area contributed by atoms with Crippen LogP contribution in [0.3, 0.4) is 0 Å². The highest BCUT2D eigenvalue weighted by molar-refractivity contribution is 5.94. The van der Waals surface area contributed by atoms with Gasteiger partial charge >= 0.3 is 5.97 Å². The fourth-order valence-corrected chi connectivity index (χ4v) is 1.70. The second-order valence-electron chi connectivity index (χ2n) is 4.06. The molecule has 0 aliphatic carbocycles. The van der Waals surface area contributed by atoms with E-state index in [-0.39, 0.29) is 16.9 Å². The van der Waals surface area contributed by atoms with Crippen LogP contribution in [0.15, 0.2) is 42.5 Å². The molecule has 0 saturated heterocycles. The summed E-state index contributed by atoms with van der Waals surface area (Å²) in [6.07, 6.45) is 0. The fraction of sp³-hybridized carbons (Fsp3) is 0.0714. The Labute approximate surface area is 109 Å². The zero-order valence-electron chi connectivity index (χ0n) is 10.1. The zero-order chi connectivity index (χ0) is 13.8. The number of carbonyl (C=O) groups is 1. The van der Waals surface area contributed by atoms with Crippen LogP contribution in [0.4, 0.5) is 15.8 Å². The lowest BCUT2D eigenvalue weighted by molar-refractivity contribution is 0.0698. The van der Waals surface area contributed by atoms with E-state index in [1.165, 1.54) is 6.07 Å². The number of nitrogen functional groups attached to an aromatic ring is 1. The minimum atomic E-state index is -1.18. The molecule has 0 spiro atoms. The molecule has 0 amide bonds. The molecule has 4 N–H and O–H groups in total. The normalized spacial score (nSPS) is 10.2. The van der Waals surface area contributed by atoms with Crippen molar-refractivity contribution in [2.24, 2.45) is 0 Å². The van der Waals surface area contributed by atoms with Gasteiger partial charge < -0.3 is 16.2 Å². The fourth-order valence-electron chi connectivity index (χ4n) is 1.70. The third-order valence-electron chi connectivity index (χ3n) is 2.70. The van der Waals surface area contributed by atoms with Crippen molar-refractivity contribution >= 4 is 17.3 Å². The zero-order valence-corrected chi connectivity index (χ0v) is 10.1. The lowest BCUT2D eigenvalue weighted by atomic mass is 10.1. The average molecular weight is 260 g/mol. The van der Waals surface area contributed by atoms with E-state index in [0.29, 0.717) is 6.54 Å². The summed E-state index contributed by atoms with van der Waals surface area (Å²) in [6.45, 7) is 0.404. The molecule has 0 radical (unpaired) electrons. The van der Waals surface area contributed by atoms with E-state index in [0.717, 1.165) is 11.6 Å². The van der Waals surface area contributed by atoms with Gasteiger partial charge in [0.15, 0.2) is 0 Å². The first-order chi connectivity index (χ1) is 9.08. The molecule has 0 saturated carbocycles. The summed E-state index contributed by atoms with van der Waals surface area (Å²) in [4.78, 5) is 10.9. The van der Waals surface area contributed by atoms with Gasteiger partial charge in [0.05, 0.1) is 11.3 Å². The summed E-state index contributed by atoms with van der Waals surface area (Å²) < 4.78 is 13.7. The molecular formula is C14H13FN2O2. The van der Waals surface area contributed by atoms with Crippen LogP contribution >= 0.6 is 0 Å². The number of nitrogens with two attached hydrogens (primary N) is 1. The second-order valence-corrected chi connectivity index (χ2v) is 4.06. The van der Waals surface area contributed by atoms with Gasteiger partial charge in [0.1, 0.15) is 5.82 Å². The Balaban J connectivity index is 2.21. The third kappa shape index (κ3) is 3.01. The van der Waals surface area contributed by atoms with Gasteiger partial charge in [-0.05, 0) is 17.7 Å². The molecule has 0 aliphatic heterocycles. The van der Waals surface area contributed by atoms with Crippen LogP contribution < -0.4 is 11.1 Å². The van der Waals surface area contributed by atoms with Crippen LogP contribution in [0.25, 0.3) is 0 Å². The monoisotopic (exact) mass is 260 g/mol. The number of carboxylic acid groups (broad SMARTS) is 1. The van der Waals surface area contributed by atoms with Crippen molar-refractivity contribution in [3.05, 3.63) is 59.4 Å². The Morgan fingerprint density at radius 1 is 1.26 bits per heavy atom. The highest BCUT2D eigenvalue weighted by Gasteiger charge is 2.12. The molecule has 98 valence electrons. The van der Waals surface area contributed by atoms with Crippen molar-refractivity contribution in [2.45, 2.75) is 6.54 Å². The molecule has 0 aliphatic rings. The molecule has 0 unspecified atom stereocenters. The van der Waals surface area contributed by atoms with Gasteiger partial charge in [0.2, 0.25) is 0 Å². The molecule has 0 aromatic heterocycles. The highest BCUT2D eigenvalue weighted by Crippen LogP contribution is 2.22. The summed E-state index contributed by atoms with van der Waals surface area (Å²) in [5.41, 5.74) is 6.34. The topological polar surface area (TPSA) is 75.3 Å². The van der Waals surface area contributed by atoms with Crippen LogP contribution in [0, 0.1) is 5.82 Å². The van der Waals surface area contributed by atoms with E-state index in [2.05, 4.69) is 5.32 Å². The molecule has 0 bridgehead atoms. The highest BCUT2D eigenvalue weighted by atomic mass is 19.1. The van der Waals surface area contributed by atoms with Gasteiger partial charge in [-0.15, -0.1) is 0 Å². The van der Waals surface area contributed by atoms with Crippen LogP contribution in [0.2, 0.25) is 0 Å². The van der Waals surface area contributed by atoms with Crippen LogP contribution in [-0.4, -0.2) is 11.1 Å². The molecule has 2 rings (SSSR count). The SMILES string of the molecule is Nc1cc(F)c(NCc2ccccc2)cc1C(=O)O. The van der Waals surface area contributed by atoms with E-state index in [9.17, 15) is 9.18 Å². The van der Waals surface area contributed by atoms with Crippen molar-refractivity contribution in [3.8, 4) is 0 Å². The van der Waals surface area contributed by atoms with Crippen LogP contribution in [-0.2, 0) is 6.54 Å². The number of benzene rings is 2. The lowest BCUT2D eigenvalue weighted by Crippen LogP contribution is -2.07. The van der Waals surface area contributed by atoms with Gasteiger partial charge in [-0.2, -0.15) is 0 Å². The Morgan fingerprint density at radius 2 is 1.95 bits per heavy atom. The molecule has 0 heterocycles. The van der Waals surface area contributed by atoms with Gasteiger partial charge in [0.25, 0.3) is 0 Å². The average Bonchev–Trinajstić information content (AvgIpc) is 2.38. The first kappa shape index (κ1) is 12.9. The quantitative estimate of drug-likeness (QED) is 0.739. The molecule has 2 aromatic rings. The number of halogens is 1. The van der Waals surface area contributed by atoms with Crippen molar-refractivity contribution in [3.63, 3.8) is 0 Å². The number of aromatic carboxylic acids is 1. The maximum absolute atomic E-state index is 13.7. The molecule has 19 heavy (non-hydrogen) atoms. The summed E-state index contributed by atoms with van der Waals surface area (Å²) in [5.74, 6) is -1.75. The van der Waals surface area contributed by atoms with Crippen molar-refractivity contribution in [1.29, 1.82) is 0 Å². The first-order valence-corrected chi connectivity index (χ1v) is 5.68. The van der Waals surface area contributed by atoms with Crippen LogP contribution in [0.1, 0.15) is 15.9 Å². The van der Waals surface area contributed by atoms with E-state index < -0.39 is 11.8 Å². The number of anilines is 2. The standard InChI is InChI=1S/C14H13FN2O2/c15-11-7-12(16)10(14(18)19)6-13(11)17-8-9-4-2-1-3-5-9/h1-7,17H,8,16H2,(H,18,19). The molecule has 2 aromatic carbocycles. The number of hydrogen-bond donors (Lipinski definition) is 3. The van der Waals surface area contributed by atoms with E-state index in [4.69, 9.17) is 10.8 Å². The van der Waals surface area contributed by atoms with Gasteiger partial charge in [-0.3, -0.25) is 0 Å². The second kappa shape index (κ2) is 5.39. The minimum absolute atomic E-state index is 0.0877. The summed E-state index contributed by atoms with van der Waals surface area (Å²) in [6, 6.07) is 11.6. The Morgan fingerprint density at radius 3 is 2.58 bits per heavy atom. The van der Waals surface area contributed by atoms with Gasteiger partial charge in [0, 0.05) is 12.2 Å². The van der Waals surface area contributed by atoms with E-state index in [1.807, 2.05) is 30.3 Å². The first-order valence-electron chi connectivity index (χ1n) is 5.68. The van der Waals surface area contributed by atoms with Crippen LogP contribution in [0.5, 0.6) is 0 Å². The van der Waals surface area contributed by atoms with E-state index >= 15 is 0 Å². The van der Waals surface area contributed by atoms with Gasteiger partial charge in [-0.1, -0.05) is 30.3 Å².